The fourth-order valence-electron chi connectivity index (χ4n) is 3.55. The molecule has 114 valence electrons. The molecule has 1 atom stereocenters. The number of rotatable bonds is 2. The number of halogens is 1. The first-order valence-electron chi connectivity index (χ1n) is 7.89. The first kappa shape index (κ1) is 14.5. The molecule has 2 aliphatic rings. The van der Waals surface area contributed by atoms with Crippen LogP contribution in [0.25, 0.3) is 0 Å². The van der Waals surface area contributed by atoms with Crippen molar-refractivity contribution in [2.75, 3.05) is 26.7 Å². The largest absolute Gasteiger partial charge is 0.339 e. The van der Waals surface area contributed by atoms with Crippen molar-refractivity contribution in [1.82, 2.24) is 9.80 Å². The van der Waals surface area contributed by atoms with Crippen LogP contribution in [0.1, 0.15) is 37.3 Å². The molecular weight excluding hydrogens is 267 g/mol. The van der Waals surface area contributed by atoms with E-state index in [1.54, 1.807) is 0 Å². The predicted molar refractivity (Wildman–Crippen MR) is 80.3 cm³/mol. The topological polar surface area (TPSA) is 23.6 Å². The van der Waals surface area contributed by atoms with E-state index in [-0.39, 0.29) is 17.8 Å². The molecule has 1 aromatic carbocycles. The summed E-state index contributed by atoms with van der Waals surface area (Å²) < 4.78 is 13.1. The fraction of sp³-hybridized carbons (Fsp3) is 0.588. The summed E-state index contributed by atoms with van der Waals surface area (Å²) in [4.78, 5) is 16.9. The van der Waals surface area contributed by atoms with Crippen LogP contribution in [0.4, 0.5) is 4.39 Å². The van der Waals surface area contributed by atoms with Gasteiger partial charge in [0.2, 0.25) is 5.91 Å². The summed E-state index contributed by atoms with van der Waals surface area (Å²) in [6.45, 7) is 2.40. The molecule has 2 fully saturated rings. The average Bonchev–Trinajstić information content (AvgIpc) is 3.02. The standard InChI is InChI=1S/C17H23FN2O/c1-19-10-11-20(17(21)14-4-2-3-5-14)12-16(19)13-6-8-15(18)9-7-13/h6-9,14,16H,2-5,10-12H2,1H3. The van der Waals surface area contributed by atoms with E-state index >= 15 is 0 Å². The minimum absolute atomic E-state index is 0.171. The number of carbonyl (C=O) groups excluding carboxylic acids is 1. The van der Waals surface area contributed by atoms with Crippen LogP contribution in [0.5, 0.6) is 0 Å². The average molecular weight is 290 g/mol. The van der Waals surface area contributed by atoms with Crippen molar-refractivity contribution in [2.24, 2.45) is 5.92 Å². The van der Waals surface area contributed by atoms with Crippen LogP contribution >= 0.6 is 0 Å². The second-order valence-corrected chi connectivity index (χ2v) is 6.31. The van der Waals surface area contributed by atoms with Gasteiger partial charge in [0, 0.05) is 25.6 Å². The molecule has 4 heteroatoms. The Morgan fingerprint density at radius 3 is 2.48 bits per heavy atom. The number of hydrogen-bond acceptors (Lipinski definition) is 2. The van der Waals surface area contributed by atoms with E-state index in [1.807, 2.05) is 17.0 Å². The van der Waals surface area contributed by atoms with Crippen molar-refractivity contribution < 1.29 is 9.18 Å². The molecule has 21 heavy (non-hydrogen) atoms. The molecule has 1 amide bonds. The van der Waals surface area contributed by atoms with E-state index in [0.717, 1.165) is 38.0 Å². The Balaban J connectivity index is 1.72. The number of nitrogens with zero attached hydrogens (tertiary/aromatic N) is 2. The van der Waals surface area contributed by atoms with Crippen LogP contribution in [-0.2, 0) is 4.79 Å². The van der Waals surface area contributed by atoms with Gasteiger partial charge in [-0.3, -0.25) is 9.69 Å². The lowest BCUT2D eigenvalue weighted by molar-refractivity contribution is -0.138. The molecule has 1 saturated carbocycles. The Morgan fingerprint density at radius 2 is 1.81 bits per heavy atom. The van der Waals surface area contributed by atoms with Gasteiger partial charge in [-0.05, 0) is 37.6 Å². The van der Waals surface area contributed by atoms with Gasteiger partial charge >= 0.3 is 0 Å². The zero-order chi connectivity index (χ0) is 14.8. The normalized spacial score (nSPS) is 24.5. The van der Waals surface area contributed by atoms with E-state index in [1.165, 1.54) is 25.0 Å². The van der Waals surface area contributed by atoms with Crippen LogP contribution in [0.3, 0.4) is 0 Å². The van der Waals surface area contributed by atoms with Gasteiger partial charge in [0.05, 0.1) is 6.04 Å². The molecule has 1 aliphatic carbocycles. The van der Waals surface area contributed by atoms with E-state index < -0.39 is 0 Å². The molecule has 1 unspecified atom stereocenters. The van der Waals surface area contributed by atoms with Crippen molar-refractivity contribution >= 4 is 5.91 Å². The van der Waals surface area contributed by atoms with E-state index in [2.05, 4.69) is 11.9 Å². The van der Waals surface area contributed by atoms with Crippen molar-refractivity contribution in [3.63, 3.8) is 0 Å². The first-order valence-corrected chi connectivity index (χ1v) is 7.89. The Labute approximate surface area is 125 Å². The number of piperazine rings is 1. The van der Waals surface area contributed by atoms with Gasteiger partial charge in [0.15, 0.2) is 0 Å². The third-order valence-corrected chi connectivity index (χ3v) is 4.92. The quantitative estimate of drug-likeness (QED) is 0.836. The third kappa shape index (κ3) is 3.10. The summed E-state index contributed by atoms with van der Waals surface area (Å²) in [5.41, 5.74) is 1.09. The van der Waals surface area contributed by atoms with E-state index in [9.17, 15) is 9.18 Å². The maximum Gasteiger partial charge on any atom is 0.225 e. The van der Waals surface area contributed by atoms with E-state index in [4.69, 9.17) is 0 Å². The van der Waals surface area contributed by atoms with Crippen LogP contribution in [0.2, 0.25) is 0 Å². The van der Waals surface area contributed by atoms with Gasteiger partial charge in [-0.2, -0.15) is 0 Å². The Kier molecular flexibility index (Phi) is 4.24. The molecule has 3 nitrogen and oxygen atoms in total. The molecule has 1 heterocycles. The Hall–Kier alpha value is -1.42. The summed E-state index contributed by atoms with van der Waals surface area (Å²) in [6.07, 6.45) is 4.47. The molecule has 0 bridgehead atoms. The zero-order valence-electron chi connectivity index (χ0n) is 12.6. The highest BCUT2D eigenvalue weighted by Crippen LogP contribution is 2.30. The second-order valence-electron chi connectivity index (χ2n) is 6.31. The molecule has 1 saturated heterocycles. The number of benzene rings is 1. The third-order valence-electron chi connectivity index (χ3n) is 4.92. The van der Waals surface area contributed by atoms with Crippen molar-refractivity contribution in [2.45, 2.75) is 31.7 Å². The number of carbonyl (C=O) groups is 1. The lowest BCUT2D eigenvalue weighted by Gasteiger charge is -2.40. The predicted octanol–water partition coefficient (Wildman–Crippen LogP) is 2.83. The number of likely N-dealkylation sites (N-methyl/N-ethyl adjacent to an activating group) is 1. The van der Waals surface area contributed by atoms with Gasteiger partial charge in [0.25, 0.3) is 0 Å². The summed E-state index contributed by atoms with van der Waals surface area (Å²) in [5.74, 6) is 0.353. The molecule has 0 N–H and O–H groups in total. The Bertz CT molecular complexity index is 496. The first-order chi connectivity index (χ1) is 10.1. The zero-order valence-corrected chi connectivity index (χ0v) is 12.6. The van der Waals surface area contributed by atoms with Gasteiger partial charge < -0.3 is 4.90 Å². The minimum atomic E-state index is -0.212. The molecule has 1 aliphatic heterocycles. The fourth-order valence-corrected chi connectivity index (χ4v) is 3.55. The van der Waals surface area contributed by atoms with Gasteiger partial charge in [-0.25, -0.2) is 4.39 Å². The monoisotopic (exact) mass is 290 g/mol. The molecule has 3 rings (SSSR count). The number of amides is 1. The summed E-state index contributed by atoms with van der Waals surface area (Å²) in [5, 5.41) is 0. The van der Waals surface area contributed by atoms with Crippen LogP contribution in [0.15, 0.2) is 24.3 Å². The van der Waals surface area contributed by atoms with Crippen molar-refractivity contribution in [1.29, 1.82) is 0 Å². The highest BCUT2D eigenvalue weighted by Gasteiger charge is 2.32. The van der Waals surface area contributed by atoms with Crippen LogP contribution in [0, 0.1) is 11.7 Å². The highest BCUT2D eigenvalue weighted by molar-refractivity contribution is 5.79. The summed E-state index contributed by atoms with van der Waals surface area (Å²) in [6, 6.07) is 6.84. The van der Waals surface area contributed by atoms with Gasteiger partial charge in [0.1, 0.15) is 5.82 Å². The number of hydrogen-bond donors (Lipinski definition) is 0. The maximum absolute atomic E-state index is 13.1. The maximum atomic E-state index is 13.1. The SMILES string of the molecule is CN1CCN(C(=O)C2CCCC2)CC1c1ccc(F)cc1. The molecule has 0 aromatic heterocycles. The lowest BCUT2D eigenvalue weighted by Crippen LogP contribution is -2.50. The summed E-state index contributed by atoms with van der Waals surface area (Å²) >= 11 is 0. The van der Waals surface area contributed by atoms with Crippen LogP contribution < -0.4 is 0 Å². The van der Waals surface area contributed by atoms with Crippen molar-refractivity contribution in [3.05, 3.63) is 35.6 Å². The second kappa shape index (κ2) is 6.14. The van der Waals surface area contributed by atoms with Crippen LogP contribution in [-0.4, -0.2) is 42.4 Å². The highest BCUT2D eigenvalue weighted by atomic mass is 19.1. The Morgan fingerprint density at radius 1 is 1.14 bits per heavy atom. The van der Waals surface area contributed by atoms with Gasteiger partial charge in [-0.1, -0.05) is 25.0 Å². The lowest BCUT2D eigenvalue weighted by atomic mass is 10.0. The molecule has 0 radical (unpaired) electrons. The smallest absolute Gasteiger partial charge is 0.225 e. The van der Waals surface area contributed by atoms with E-state index in [0.29, 0.717) is 5.91 Å². The summed E-state index contributed by atoms with van der Waals surface area (Å²) in [7, 11) is 2.07. The molecule has 1 aromatic rings. The molecular formula is C17H23FN2O. The van der Waals surface area contributed by atoms with Gasteiger partial charge in [-0.15, -0.1) is 0 Å². The molecule has 0 spiro atoms. The van der Waals surface area contributed by atoms with Crippen molar-refractivity contribution in [3.8, 4) is 0 Å². The minimum Gasteiger partial charge on any atom is -0.339 e.